The largest absolute Gasteiger partial charge is 0.508 e. The lowest BCUT2D eigenvalue weighted by atomic mass is 10.1. The molecule has 21 heavy (non-hydrogen) atoms. The van der Waals surface area contributed by atoms with Gasteiger partial charge in [-0.3, -0.25) is 4.79 Å². The molecular formula is C14H10BrNO5. The lowest BCUT2D eigenvalue weighted by Crippen LogP contribution is -2.12. The van der Waals surface area contributed by atoms with Crippen LogP contribution in [-0.4, -0.2) is 27.2 Å². The summed E-state index contributed by atoms with van der Waals surface area (Å²) in [5.74, 6) is -2.21. The van der Waals surface area contributed by atoms with E-state index in [1.807, 2.05) is 0 Å². The molecule has 0 unspecified atom stereocenters. The van der Waals surface area contributed by atoms with Crippen LogP contribution >= 0.6 is 15.9 Å². The van der Waals surface area contributed by atoms with E-state index >= 15 is 0 Å². The maximum atomic E-state index is 12.0. The number of benzene rings is 2. The lowest BCUT2D eigenvalue weighted by Gasteiger charge is -2.08. The van der Waals surface area contributed by atoms with E-state index in [4.69, 9.17) is 5.11 Å². The maximum Gasteiger partial charge on any atom is 0.336 e. The summed E-state index contributed by atoms with van der Waals surface area (Å²) in [6, 6.07) is 7.79. The molecule has 7 heteroatoms. The Labute approximate surface area is 127 Å². The Morgan fingerprint density at radius 3 is 2.19 bits per heavy atom. The van der Waals surface area contributed by atoms with Crippen LogP contribution in [0.5, 0.6) is 11.5 Å². The number of hydrogen-bond donors (Lipinski definition) is 4. The summed E-state index contributed by atoms with van der Waals surface area (Å²) in [7, 11) is 0. The van der Waals surface area contributed by atoms with Gasteiger partial charge in [0.05, 0.1) is 5.56 Å². The second-order valence-electron chi connectivity index (χ2n) is 4.19. The molecule has 1 amide bonds. The molecule has 0 radical (unpaired) electrons. The van der Waals surface area contributed by atoms with Gasteiger partial charge in [0.1, 0.15) is 11.5 Å². The summed E-state index contributed by atoms with van der Waals surface area (Å²) in [5, 5.41) is 30.2. The van der Waals surface area contributed by atoms with E-state index in [1.165, 1.54) is 30.3 Å². The number of halogens is 1. The fourth-order valence-corrected chi connectivity index (χ4v) is 2.11. The molecule has 0 aliphatic carbocycles. The lowest BCUT2D eigenvalue weighted by molar-refractivity contribution is 0.0695. The van der Waals surface area contributed by atoms with E-state index in [-0.39, 0.29) is 28.3 Å². The molecule has 0 bridgehead atoms. The monoisotopic (exact) mass is 351 g/mol. The average molecular weight is 352 g/mol. The number of hydrogen-bond acceptors (Lipinski definition) is 4. The summed E-state index contributed by atoms with van der Waals surface area (Å²) in [6.45, 7) is 0. The molecule has 0 aliphatic heterocycles. The van der Waals surface area contributed by atoms with Gasteiger partial charge in [-0.1, -0.05) is 0 Å². The quantitative estimate of drug-likeness (QED) is 0.680. The van der Waals surface area contributed by atoms with Crippen LogP contribution in [0.15, 0.2) is 40.9 Å². The third-order valence-corrected chi connectivity index (χ3v) is 3.31. The smallest absolute Gasteiger partial charge is 0.336 e. The van der Waals surface area contributed by atoms with Gasteiger partial charge in [-0.25, -0.2) is 4.79 Å². The number of carbonyl (C=O) groups is 2. The Morgan fingerprint density at radius 2 is 1.62 bits per heavy atom. The number of nitrogens with one attached hydrogen (secondary N) is 1. The third-order valence-electron chi connectivity index (χ3n) is 2.62. The van der Waals surface area contributed by atoms with Crippen LogP contribution in [0.2, 0.25) is 0 Å². The fourth-order valence-electron chi connectivity index (χ4n) is 1.70. The standard InChI is InChI=1S/C14H10BrNO5/c15-12-2-1-8(5-11(12)14(20)21)16-13(19)7-3-9(17)6-10(18)4-7/h1-6,17-18H,(H,16,19)(H,20,21). The van der Waals surface area contributed by atoms with E-state index in [1.54, 1.807) is 0 Å². The van der Waals surface area contributed by atoms with Gasteiger partial charge in [0.2, 0.25) is 0 Å². The summed E-state index contributed by atoms with van der Waals surface area (Å²) in [5.41, 5.74) is 0.335. The van der Waals surface area contributed by atoms with Gasteiger partial charge >= 0.3 is 5.97 Å². The molecule has 6 nitrogen and oxygen atoms in total. The van der Waals surface area contributed by atoms with Crippen molar-refractivity contribution in [1.29, 1.82) is 0 Å². The molecular weight excluding hydrogens is 342 g/mol. The summed E-state index contributed by atoms with van der Waals surface area (Å²) < 4.78 is 0.392. The van der Waals surface area contributed by atoms with Crippen molar-refractivity contribution in [3.8, 4) is 11.5 Å². The first kappa shape index (κ1) is 14.9. The number of aromatic carboxylic acids is 1. The fraction of sp³-hybridized carbons (Fsp3) is 0. The minimum atomic E-state index is -1.13. The minimum Gasteiger partial charge on any atom is -0.508 e. The van der Waals surface area contributed by atoms with Crippen molar-refractivity contribution in [2.24, 2.45) is 0 Å². The van der Waals surface area contributed by atoms with Crippen molar-refractivity contribution in [3.63, 3.8) is 0 Å². The molecule has 0 fully saturated rings. The van der Waals surface area contributed by atoms with Crippen LogP contribution in [0.3, 0.4) is 0 Å². The molecule has 2 aromatic carbocycles. The van der Waals surface area contributed by atoms with Crippen LogP contribution in [0.25, 0.3) is 0 Å². The van der Waals surface area contributed by atoms with Crippen molar-refractivity contribution in [3.05, 3.63) is 52.0 Å². The zero-order chi connectivity index (χ0) is 15.6. The molecule has 0 heterocycles. The van der Waals surface area contributed by atoms with Gasteiger partial charge in [0.15, 0.2) is 0 Å². The highest BCUT2D eigenvalue weighted by Gasteiger charge is 2.12. The Balaban J connectivity index is 2.27. The zero-order valence-corrected chi connectivity index (χ0v) is 12.1. The number of anilines is 1. The van der Waals surface area contributed by atoms with Crippen molar-refractivity contribution in [2.75, 3.05) is 5.32 Å². The number of carbonyl (C=O) groups excluding carboxylic acids is 1. The molecule has 0 saturated heterocycles. The van der Waals surface area contributed by atoms with E-state index < -0.39 is 11.9 Å². The third kappa shape index (κ3) is 3.51. The number of aromatic hydroxyl groups is 2. The van der Waals surface area contributed by atoms with Crippen molar-refractivity contribution < 1.29 is 24.9 Å². The number of amides is 1. The number of carboxylic acid groups (broad SMARTS) is 1. The minimum absolute atomic E-state index is 0.00607. The van der Waals surface area contributed by atoms with Gasteiger partial charge in [0.25, 0.3) is 5.91 Å². The van der Waals surface area contributed by atoms with E-state index in [0.29, 0.717) is 4.47 Å². The molecule has 4 N–H and O–H groups in total. The van der Waals surface area contributed by atoms with Crippen LogP contribution in [0.1, 0.15) is 20.7 Å². The van der Waals surface area contributed by atoms with E-state index in [0.717, 1.165) is 6.07 Å². The highest BCUT2D eigenvalue weighted by molar-refractivity contribution is 9.10. The molecule has 0 aromatic heterocycles. The van der Waals surface area contributed by atoms with Gasteiger partial charge in [-0.15, -0.1) is 0 Å². The molecule has 0 aliphatic rings. The van der Waals surface area contributed by atoms with Gasteiger partial charge in [-0.05, 0) is 46.3 Å². The first-order valence-electron chi connectivity index (χ1n) is 5.74. The van der Waals surface area contributed by atoms with Crippen LogP contribution < -0.4 is 5.32 Å². The van der Waals surface area contributed by atoms with E-state index in [2.05, 4.69) is 21.2 Å². The number of carboxylic acids is 1. The Bertz CT molecular complexity index is 709. The summed E-state index contributed by atoms with van der Waals surface area (Å²) in [4.78, 5) is 23.0. The molecule has 0 spiro atoms. The number of rotatable bonds is 3. The van der Waals surface area contributed by atoms with Crippen molar-refractivity contribution >= 4 is 33.5 Å². The number of phenolic OH excluding ortho intramolecular Hbond substituents is 2. The Morgan fingerprint density at radius 1 is 1.00 bits per heavy atom. The molecule has 108 valence electrons. The van der Waals surface area contributed by atoms with Gasteiger partial charge in [0, 0.05) is 21.8 Å². The normalized spacial score (nSPS) is 10.1. The summed E-state index contributed by atoms with van der Waals surface area (Å²) >= 11 is 3.10. The maximum absolute atomic E-state index is 12.0. The molecule has 2 rings (SSSR count). The van der Waals surface area contributed by atoms with Crippen molar-refractivity contribution in [2.45, 2.75) is 0 Å². The predicted molar refractivity (Wildman–Crippen MR) is 78.8 cm³/mol. The van der Waals surface area contributed by atoms with Crippen LogP contribution in [-0.2, 0) is 0 Å². The second kappa shape index (κ2) is 5.84. The SMILES string of the molecule is O=C(Nc1ccc(Br)c(C(=O)O)c1)c1cc(O)cc(O)c1. The van der Waals surface area contributed by atoms with E-state index in [9.17, 15) is 19.8 Å². The summed E-state index contributed by atoms with van der Waals surface area (Å²) in [6.07, 6.45) is 0. The van der Waals surface area contributed by atoms with Gasteiger partial charge in [-0.2, -0.15) is 0 Å². The second-order valence-corrected chi connectivity index (χ2v) is 5.05. The Kier molecular flexibility index (Phi) is 4.13. The van der Waals surface area contributed by atoms with Crippen LogP contribution in [0.4, 0.5) is 5.69 Å². The number of phenols is 2. The molecule has 0 atom stereocenters. The highest BCUT2D eigenvalue weighted by Crippen LogP contribution is 2.23. The molecule has 2 aromatic rings. The highest BCUT2D eigenvalue weighted by atomic mass is 79.9. The molecule has 0 saturated carbocycles. The predicted octanol–water partition coefficient (Wildman–Crippen LogP) is 2.81. The zero-order valence-electron chi connectivity index (χ0n) is 10.5. The first-order chi connectivity index (χ1) is 9.86. The van der Waals surface area contributed by atoms with Crippen molar-refractivity contribution in [1.82, 2.24) is 0 Å². The average Bonchev–Trinajstić information content (AvgIpc) is 2.39. The Hall–Kier alpha value is -2.54. The topological polar surface area (TPSA) is 107 Å². The van der Waals surface area contributed by atoms with Gasteiger partial charge < -0.3 is 20.6 Å². The van der Waals surface area contributed by atoms with Crippen LogP contribution in [0, 0.1) is 0 Å². The first-order valence-corrected chi connectivity index (χ1v) is 6.53.